The molecule has 1 nitrogen and oxygen atoms in total. The molecule has 0 amide bonds. The number of nitrogens with one attached hydrogen (secondary N) is 1. The van der Waals surface area contributed by atoms with E-state index in [1.165, 1.54) is 19.3 Å². The van der Waals surface area contributed by atoms with Crippen molar-refractivity contribution in [3.63, 3.8) is 0 Å². The van der Waals surface area contributed by atoms with Gasteiger partial charge in [-0.25, -0.2) is 4.39 Å². The summed E-state index contributed by atoms with van der Waals surface area (Å²) in [5.74, 6) is 2.70. The van der Waals surface area contributed by atoms with Gasteiger partial charge in [-0.2, -0.15) is 11.8 Å². The molecule has 1 saturated heterocycles. The zero-order valence-corrected chi connectivity index (χ0v) is 10.9. The third-order valence-corrected chi connectivity index (χ3v) is 4.49. The van der Waals surface area contributed by atoms with E-state index in [0.29, 0.717) is 0 Å². The molecular formula is C14H20FNS. The number of rotatable bonds is 4. The van der Waals surface area contributed by atoms with Crippen LogP contribution in [0.25, 0.3) is 0 Å². The Hall–Kier alpha value is -0.540. The van der Waals surface area contributed by atoms with Crippen molar-refractivity contribution in [1.29, 1.82) is 0 Å². The number of thioether (sulfide) groups is 1. The maximum absolute atomic E-state index is 13.4. The number of benzene rings is 1. The van der Waals surface area contributed by atoms with Crippen molar-refractivity contribution in [3.05, 3.63) is 35.6 Å². The van der Waals surface area contributed by atoms with Crippen LogP contribution in [0.1, 0.15) is 24.8 Å². The van der Waals surface area contributed by atoms with Crippen LogP contribution < -0.4 is 5.32 Å². The van der Waals surface area contributed by atoms with Crippen LogP contribution in [0, 0.1) is 11.7 Å². The highest BCUT2D eigenvalue weighted by atomic mass is 32.2. The smallest absolute Gasteiger partial charge is 0.127 e. The molecule has 0 saturated carbocycles. The van der Waals surface area contributed by atoms with Gasteiger partial charge in [0.2, 0.25) is 0 Å². The summed E-state index contributed by atoms with van der Waals surface area (Å²) in [5.41, 5.74) is 0.837. The Labute approximate surface area is 107 Å². The molecule has 1 aliphatic heterocycles. The van der Waals surface area contributed by atoms with Crippen molar-refractivity contribution < 1.29 is 4.39 Å². The van der Waals surface area contributed by atoms with Crippen LogP contribution in [0.3, 0.4) is 0 Å². The van der Waals surface area contributed by atoms with Gasteiger partial charge in [-0.3, -0.25) is 0 Å². The summed E-state index contributed by atoms with van der Waals surface area (Å²) in [7, 11) is 0. The minimum absolute atomic E-state index is 0.0671. The highest BCUT2D eigenvalue weighted by Crippen LogP contribution is 2.22. The topological polar surface area (TPSA) is 12.0 Å². The molecule has 1 aliphatic rings. The van der Waals surface area contributed by atoms with Gasteiger partial charge in [0.25, 0.3) is 0 Å². The summed E-state index contributed by atoms with van der Waals surface area (Å²) >= 11 is 1.87. The standard InChI is InChI=1S/C14H20FNS/c15-14-6-2-1-5-13(14)11-17-10-12-4-3-8-16-9-7-12/h1-2,5-6,12,16H,3-4,7-11H2. The molecule has 0 spiro atoms. The average Bonchev–Trinajstić information content (AvgIpc) is 2.60. The van der Waals surface area contributed by atoms with Gasteiger partial charge in [-0.05, 0) is 55.7 Å². The molecule has 1 aromatic rings. The van der Waals surface area contributed by atoms with E-state index in [0.717, 1.165) is 36.1 Å². The Morgan fingerprint density at radius 1 is 1.24 bits per heavy atom. The SMILES string of the molecule is Fc1ccccc1CSCC1CCCNCC1. The summed E-state index contributed by atoms with van der Waals surface area (Å²) in [6, 6.07) is 7.09. The third kappa shape index (κ3) is 4.32. The van der Waals surface area contributed by atoms with Crippen LogP contribution in [0.5, 0.6) is 0 Å². The molecule has 1 heterocycles. The second-order valence-electron chi connectivity index (χ2n) is 4.65. The van der Waals surface area contributed by atoms with Gasteiger partial charge in [-0.15, -0.1) is 0 Å². The molecule has 94 valence electrons. The van der Waals surface area contributed by atoms with Crippen LogP contribution in [-0.2, 0) is 5.75 Å². The Morgan fingerprint density at radius 3 is 3.00 bits per heavy atom. The molecule has 1 aromatic carbocycles. The molecule has 3 heteroatoms. The van der Waals surface area contributed by atoms with Crippen LogP contribution in [0.4, 0.5) is 4.39 Å². The Morgan fingerprint density at radius 2 is 2.12 bits per heavy atom. The third-order valence-electron chi connectivity index (χ3n) is 3.26. The molecular weight excluding hydrogens is 233 g/mol. The molecule has 1 atom stereocenters. The van der Waals surface area contributed by atoms with Crippen LogP contribution in [0.2, 0.25) is 0 Å². The predicted molar refractivity (Wildman–Crippen MR) is 72.8 cm³/mol. The lowest BCUT2D eigenvalue weighted by atomic mass is 10.0. The van der Waals surface area contributed by atoms with Crippen LogP contribution >= 0.6 is 11.8 Å². The normalized spacial score (nSPS) is 21.1. The van der Waals surface area contributed by atoms with Gasteiger partial charge in [0.05, 0.1) is 0 Å². The minimum Gasteiger partial charge on any atom is -0.317 e. The quantitative estimate of drug-likeness (QED) is 0.882. The molecule has 1 fully saturated rings. The average molecular weight is 253 g/mol. The van der Waals surface area contributed by atoms with Gasteiger partial charge in [-0.1, -0.05) is 18.2 Å². The van der Waals surface area contributed by atoms with Crippen molar-refractivity contribution >= 4 is 11.8 Å². The predicted octanol–water partition coefficient (Wildman–Crippen LogP) is 3.45. The van der Waals surface area contributed by atoms with E-state index in [2.05, 4.69) is 5.32 Å². The number of hydrogen-bond donors (Lipinski definition) is 1. The number of hydrogen-bond acceptors (Lipinski definition) is 2. The Bertz CT molecular complexity index is 335. The molecule has 0 aliphatic carbocycles. The molecule has 0 radical (unpaired) electrons. The van der Waals surface area contributed by atoms with Gasteiger partial charge in [0, 0.05) is 5.75 Å². The molecule has 0 aromatic heterocycles. The summed E-state index contributed by atoms with van der Waals surface area (Å²) in [4.78, 5) is 0. The van der Waals surface area contributed by atoms with E-state index in [4.69, 9.17) is 0 Å². The lowest BCUT2D eigenvalue weighted by molar-refractivity contribution is 0.527. The van der Waals surface area contributed by atoms with E-state index in [1.807, 2.05) is 23.9 Å². The molecule has 1 N–H and O–H groups in total. The maximum atomic E-state index is 13.4. The second-order valence-corrected chi connectivity index (χ2v) is 5.68. The first-order chi connectivity index (χ1) is 8.36. The van der Waals surface area contributed by atoms with Crippen molar-refractivity contribution in [3.8, 4) is 0 Å². The van der Waals surface area contributed by atoms with Gasteiger partial charge >= 0.3 is 0 Å². The first-order valence-electron chi connectivity index (χ1n) is 6.38. The van der Waals surface area contributed by atoms with Crippen molar-refractivity contribution in [2.45, 2.75) is 25.0 Å². The van der Waals surface area contributed by atoms with Gasteiger partial charge in [0.1, 0.15) is 5.82 Å². The molecule has 0 bridgehead atoms. The van der Waals surface area contributed by atoms with Crippen molar-refractivity contribution in [2.24, 2.45) is 5.92 Å². The van der Waals surface area contributed by atoms with E-state index >= 15 is 0 Å². The lowest BCUT2D eigenvalue weighted by Gasteiger charge is -2.12. The minimum atomic E-state index is -0.0671. The Balaban J connectivity index is 1.73. The summed E-state index contributed by atoms with van der Waals surface area (Å²) in [6.07, 6.45) is 3.87. The highest BCUT2D eigenvalue weighted by molar-refractivity contribution is 7.98. The van der Waals surface area contributed by atoms with Gasteiger partial charge in [0.15, 0.2) is 0 Å². The fourth-order valence-electron chi connectivity index (χ4n) is 2.21. The maximum Gasteiger partial charge on any atom is 0.127 e. The second kappa shape index (κ2) is 7.02. The van der Waals surface area contributed by atoms with E-state index in [1.54, 1.807) is 12.1 Å². The molecule has 2 rings (SSSR count). The van der Waals surface area contributed by atoms with E-state index in [-0.39, 0.29) is 5.82 Å². The van der Waals surface area contributed by atoms with Crippen LogP contribution in [0.15, 0.2) is 24.3 Å². The van der Waals surface area contributed by atoms with Crippen LogP contribution in [-0.4, -0.2) is 18.8 Å². The lowest BCUT2D eigenvalue weighted by Crippen LogP contribution is -2.14. The molecule has 17 heavy (non-hydrogen) atoms. The summed E-state index contributed by atoms with van der Waals surface area (Å²) in [5, 5.41) is 3.43. The Kier molecular flexibility index (Phi) is 5.33. The first kappa shape index (κ1) is 12.9. The fraction of sp³-hybridized carbons (Fsp3) is 0.571. The van der Waals surface area contributed by atoms with Crippen molar-refractivity contribution in [2.75, 3.05) is 18.8 Å². The summed E-state index contributed by atoms with van der Waals surface area (Å²) in [6.45, 7) is 2.30. The zero-order valence-electron chi connectivity index (χ0n) is 10.1. The largest absolute Gasteiger partial charge is 0.317 e. The van der Waals surface area contributed by atoms with E-state index in [9.17, 15) is 4.39 Å². The zero-order chi connectivity index (χ0) is 11.9. The number of halogens is 1. The van der Waals surface area contributed by atoms with Crippen molar-refractivity contribution in [1.82, 2.24) is 5.32 Å². The fourth-order valence-corrected chi connectivity index (χ4v) is 3.45. The first-order valence-corrected chi connectivity index (χ1v) is 7.53. The molecule has 1 unspecified atom stereocenters. The summed E-state index contributed by atoms with van der Waals surface area (Å²) < 4.78 is 13.4. The highest BCUT2D eigenvalue weighted by Gasteiger charge is 2.12. The monoisotopic (exact) mass is 253 g/mol. The van der Waals surface area contributed by atoms with E-state index < -0.39 is 0 Å². The van der Waals surface area contributed by atoms with Gasteiger partial charge < -0.3 is 5.32 Å².